The molecular weight excluding hydrogens is 396 g/mol. The first-order valence-corrected chi connectivity index (χ1v) is 10.5. The molecule has 0 unspecified atom stereocenters. The number of nitrogens with one attached hydrogen (secondary N) is 1. The minimum absolute atomic E-state index is 0.00135. The lowest BCUT2D eigenvalue weighted by atomic mass is 10.1. The first-order chi connectivity index (χ1) is 15.0. The van der Waals surface area contributed by atoms with Gasteiger partial charge in [-0.3, -0.25) is 9.59 Å². The predicted octanol–water partition coefficient (Wildman–Crippen LogP) is 2.25. The number of anilines is 1. The lowest BCUT2D eigenvalue weighted by Gasteiger charge is -2.23. The highest BCUT2D eigenvalue weighted by Gasteiger charge is 2.21. The minimum Gasteiger partial charge on any atom is -0.462 e. The molecule has 2 amide bonds. The Bertz CT molecular complexity index is 912. The molecule has 164 valence electrons. The number of rotatable bonds is 6. The van der Waals surface area contributed by atoms with Crippen molar-refractivity contribution in [3.8, 4) is 0 Å². The number of carbonyl (C=O) groups is 3. The van der Waals surface area contributed by atoms with Crippen molar-refractivity contribution in [3.05, 3.63) is 59.3 Å². The predicted molar refractivity (Wildman–Crippen MR) is 117 cm³/mol. The zero-order valence-electron chi connectivity index (χ0n) is 18.0. The van der Waals surface area contributed by atoms with Crippen LogP contribution < -0.4 is 10.2 Å². The molecule has 3 rings (SSSR count). The van der Waals surface area contributed by atoms with E-state index in [-0.39, 0.29) is 17.8 Å². The SMILES string of the molecule is CCOC(=O)c1ccc(N2CCCN(C(=O)c3ccc(CNC(C)=O)cc3)CC2)nc1. The lowest BCUT2D eigenvalue weighted by molar-refractivity contribution is -0.119. The Balaban J connectivity index is 1.58. The quantitative estimate of drug-likeness (QED) is 0.715. The minimum atomic E-state index is -0.378. The van der Waals surface area contributed by atoms with Crippen molar-refractivity contribution in [2.75, 3.05) is 37.7 Å². The molecule has 0 bridgehead atoms. The average molecular weight is 425 g/mol. The highest BCUT2D eigenvalue weighted by atomic mass is 16.5. The van der Waals surface area contributed by atoms with E-state index in [0.29, 0.717) is 43.9 Å². The number of esters is 1. The van der Waals surface area contributed by atoms with Gasteiger partial charge < -0.3 is 19.9 Å². The fourth-order valence-corrected chi connectivity index (χ4v) is 3.43. The molecule has 0 aliphatic carbocycles. The second-order valence-corrected chi connectivity index (χ2v) is 7.37. The number of amides is 2. The van der Waals surface area contributed by atoms with Crippen molar-refractivity contribution in [2.24, 2.45) is 0 Å². The van der Waals surface area contributed by atoms with Gasteiger partial charge in [-0.05, 0) is 43.2 Å². The summed E-state index contributed by atoms with van der Waals surface area (Å²) in [6.07, 6.45) is 2.36. The molecule has 0 radical (unpaired) electrons. The largest absolute Gasteiger partial charge is 0.462 e. The van der Waals surface area contributed by atoms with E-state index < -0.39 is 0 Å². The highest BCUT2D eigenvalue weighted by Crippen LogP contribution is 2.16. The van der Waals surface area contributed by atoms with E-state index in [1.807, 2.05) is 23.1 Å². The van der Waals surface area contributed by atoms with Crippen LogP contribution in [-0.2, 0) is 16.1 Å². The zero-order chi connectivity index (χ0) is 22.2. The third-order valence-electron chi connectivity index (χ3n) is 5.11. The molecule has 2 heterocycles. The number of benzene rings is 1. The summed E-state index contributed by atoms with van der Waals surface area (Å²) in [4.78, 5) is 44.1. The summed E-state index contributed by atoms with van der Waals surface area (Å²) in [5.41, 5.74) is 2.02. The zero-order valence-corrected chi connectivity index (χ0v) is 18.0. The summed E-state index contributed by atoms with van der Waals surface area (Å²) in [5.74, 6) is 0.319. The van der Waals surface area contributed by atoms with Crippen LogP contribution in [0.2, 0.25) is 0 Å². The summed E-state index contributed by atoms with van der Waals surface area (Å²) in [6.45, 7) is 6.73. The molecule has 1 aliphatic rings. The molecule has 8 nitrogen and oxygen atoms in total. The number of aromatic nitrogens is 1. The third-order valence-corrected chi connectivity index (χ3v) is 5.11. The molecule has 1 aromatic carbocycles. The molecule has 0 atom stereocenters. The highest BCUT2D eigenvalue weighted by molar-refractivity contribution is 5.94. The van der Waals surface area contributed by atoms with Gasteiger partial charge in [-0.15, -0.1) is 0 Å². The van der Waals surface area contributed by atoms with Gasteiger partial charge in [0.2, 0.25) is 5.91 Å². The summed E-state index contributed by atoms with van der Waals surface area (Å²) in [5, 5.41) is 2.75. The van der Waals surface area contributed by atoms with Crippen molar-refractivity contribution >= 4 is 23.6 Å². The average Bonchev–Trinajstić information content (AvgIpc) is 3.04. The number of pyridine rings is 1. The maximum absolute atomic E-state index is 12.9. The summed E-state index contributed by atoms with van der Waals surface area (Å²) < 4.78 is 4.99. The Morgan fingerprint density at radius 1 is 1.00 bits per heavy atom. The van der Waals surface area contributed by atoms with Gasteiger partial charge in [0.05, 0.1) is 12.2 Å². The lowest BCUT2D eigenvalue weighted by Crippen LogP contribution is -2.35. The number of carbonyl (C=O) groups excluding carboxylic acids is 3. The number of hydrogen-bond donors (Lipinski definition) is 1. The van der Waals surface area contributed by atoms with Gasteiger partial charge in [0.25, 0.3) is 5.91 Å². The van der Waals surface area contributed by atoms with Crippen molar-refractivity contribution < 1.29 is 19.1 Å². The van der Waals surface area contributed by atoms with Gasteiger partial charge in [0.1, 0.15) is 5.82 Å². The van der Waals surface area contributed by atoms with Crippen LogP contribution in [0, 0.1) is 0 Å². The van der Waals surface area contributed by atoms with Crippen molar-refractivity contribution in [1.29, 1.82) is 0 Å². The van der Waals surface area contributed by atoms with E-state index in [0.717, 1.165) is 24.3 Å². The van der Waals surface area contributed by atoms with Crippen molar-refractivity contribution in [1.82, 2.24) is 15.2 Å². The fourth-order valence-electron chi connectivity index (χ4n) is 3.43. The molecule has 0 spiro atoms. The first kappa shape index (κ1) is 22.3. The van der Waals surface area contributed by atoms with E-state index in [4.69, 9.17) is 4.74 Å². The second-order valence-electron chi connectivity index (χ2n) is 7.37. The van der Waals surface area contributed by atoms with E-state index in [2.05, 4.69) is 15.2 Å². The van der Waals surface area contributed by atoms with Gasteiger partial charge in [0, 0.05) is 51.4 Å². The molecule has 1 fully saturated rings. The smallest absolute Gasteiger partial charge is 0.339 e. The molecule has 0 saturated carbocycles. The molecule has 8 heteroatoms. The van der Waals surface area contributed by atoms with Gasteiger partial charge in [-0.2, -0.15) is 0 Å². The molecule has 1 aromatic heterocycles. The van der Waals surface area contributed by atoms with Gasteiger partial charge in [-0.25, -0.2) is 9.78 Å². The summed E-state index contributed by atoms with van der Waals surface area (Å²) >= 11 is 0. The Kier molecular flexibility index (Phi) is 7.59. The third kappa shape index (κ3) is 6.04. The summed E-state index contributed by atoms with van der Waals surface area (Å²) in [6, 6.07) is 10.9. The van der Waals surface area contributed by atoms with Crippen LogP contribution in [0.25, 0.3) is 0 Å². The Morgan fingerprint density at radius 2 is 1.74 bits per heavy atom. The van der Waals surface area contributed by atoms with Crippen molar-refractivity contribution in [2.45, 2.75) is 26.8 Å². The molecule has 2 aromatic rings. The molecule has 1 aliphatic heterocycles. The molecule has 1 N–H and O–H groups in total. The number of nitrogens with zero attached hydrogens (tertiary/aromatic N) is 3. The van der Waals surface area contributed by atoms with Crippen LogP contribution in [0.3, 0.4) is 0 Å². The monoisotopic (exact) mass is 424 g/mol. The van der Waals surface area contributed by atoms with Crippen LogP contribution >= 0.6 is 0 Å². The maximum atomic E-state index is 12.9. The van der Waals surface area contributed by atoms with Gasteiger partial charge >= 0.3 is 5.97 Å². The molecular formula is C23H28N4O4. The topological polar surface area (TPSA) is 91.8 Å². The molecule has 1 saturated heterocycles. The van der Waals surface area contributed by atoms with Crippen LogP contribution in [0.15, 0.2) is 42.6 Å². The van der Waals surface area contributed by atoms with Crippen LogP contribution in [-0.4, -0.2) is 60.5 Å². The van der Waals surface area contributed by atoms with Gasteiger partial charge in [-0.1, -0.05) is 12.1 Å². The Labute approximate surface area is 182 Å². The van der Waals surface area contributed by atoms with E-state index in [9.17, 15) is 14.4 Å². The molecule has 31 heavy (non-hydrogen) atoms. The normalized spacial score (nSPS) is 14.0. The Morgan fingerprint density at radius 3 is 2.39 bits per heavy atom. The Hall–Kier alpha value is -3.42. The standard InChI is InChI=1S/C23H28N4O4/c1-3-31-23(30)20-9-10-21(25-16-20)26-11-4-12-27(14-13-26)22(29)19-7-5-18(6-8-19)15-24-17(2)28/h5-10,16H,3-4,11-15H2,1-2H3,(H,24,28). The van der Waals surface area contributed by atoms with E-state index >= 15 is 0 Å². The van der Waals surface area contributed by atoms with E-state index in [1.165, 1.54) is 13.1 Å². The van der Waals surface area contributed by atoms with E-state index in [1.54, 1.807) is 25.1 Å². The van der Waals surface area contributed by atoms with Crippen molar-refractivity contribution in [3.63, 3.8) is 0 Å². The fraction of sp³-hybridized carbons (Fsp3) is 0.391. The van der Waals surface area contributed by atoms with Crippen LogP contribution in [0.1, 0.15) is 46.5 Å². The van der Waals surface area contributed by atoms with Gasteiger partial charge in [0.15, 0.2) is 0 Å². The number of hydrogen-bond acceptors (Lipinski definition) is 6. The number of ether oxygens (including phenoxy) is 1. The maximum Gasteiger partial charge on any atom is 0.339 e. The van der Waals surface area contributed by atoms with Crippen LogP contribution in [0.4, 0.5) is 5.82 Å². The second kappa shape index (κ2) is 10.6. The van der Waals surface area contributed by atoms with Crippen LogP contribution in [0.5, 0.6) is 0 Å². The first-order valence-electron chi connectivity index (χ1n) is 10.5. The summed E-state index contributed by atoms with van der Waals surface area (Å²) in [7, 11) is 0.